The summed E-state index contributed by atoms with van der Waals surface area (Å²) >= 11 is 0. The van der Waals surface area contributed by atoms with Crippen LogP contribution in [0.3, 0.4) is 0 Å². The van der Waals surface area contributed by atoms with Gasteiger partial charge in [-0.2, -0.15) is 0 Å². The Kier molecular flexibility index (Phi) is 11.6. The van der Waals surface area contributed by atoms with Crippen molar-refractivity contribution in [2.75, 3.05) is 0 Å². The van der Waals surface area contributed by atoms with Crippen LogP contribution in [0.4, 0.5) is 0 Å². The van der Waals surface area contributed by atoms with Crippen LogP contribution in [0.5, 0.6) is 0 Å². The summed E-state index contributed by atoms with van der Waals surface area (Å²) in [5, 5.41) is 0. The Bertz CT molecular complexity index is 175. The Morgan fingerprint density at radius 1 is 0.846 bits per heavy atom. The van der Waals surface area contributed by atoms with Crippen LogP contribution in [-0.4, -0.2) is 11.6 Å². The number of rotatable bonds is 0. The van der Waals surface area contributed by atoms with Crippen LogP contribution in [0.25, 0.3) is 0 Å². The van der Waals surface area contributed by atoms with E-state index in [1.54, 1.807) is 12.5 Å². The van der Waals surface area contributed by atoms with Crippen LogP contribution >= 0.6 is 0 Å². The largest absolute Gasteiger partial charge is 0.473 e. The van der Waals surface area contributed by atoms with Crippen molar-refractivity contribution >= 4 is 11.6 Å². The molecule has 0 aliphatic heterocycles. The van der Waals surface area contributed by atoms with Crippen molar-refractivity contribution in [3.8, 4) is 0 Å². The minimum atomic E-state index is 0.167. The van der Waals surface area contributed by atoms with Crippen LogP contribution in [0, 0.1) is 0 Å². The first-order valence-corrected chi connectivity index (χ1v) is 3.88. The maximum Gasteiger partial charge on any atom is 0.126 e. The predicted molar refractivity (Wildman–Crippen MR) is 51.4 cm³/mol. The van der Waals surface area contributed by atoms with Gasteiger partial charge in [-0.15, -0.1) is 0 Å². The third-order valence-electron chi connectivity index (χ3n) is 0.425. The summed E-state index contributed by atoms with van der Waals surface area (Å²) in [5.74, 6) is 0.333. The van der Waals surface area contributed by atoms with E-state index in [0.717, 1.165) is 0 Å². The first kappa shape index (κ1) is 14.2. The van der Waals surface area contributed by atoms with Crippen LogP contribution in [0.2, 0.25) is 0 Å². The van der Waals surface area contributed by atoms with Gasteiger partial charge in [-0.1, -0.05) is 0 Å². The van der Waals surface area contributed by atoms with Crippen LogP contribution in [-0.2, 0) is 9.59 Å². The second-order valence-corrected chi connectivity index (χ2v) is 2.61. The average Bonchev–Trinajstić information content (AvgIpc) is 2.35. The topological polar surface area (TPSA) is 47.3 Å². The van der Waals surface area contributed by atoms with Gasteiger partial charge in [0, 0.05) is 0 Å². The van der Waals surface area contributed by atoms with Crippen molar-refractivity contribution in [1.29, 1.82) is 0 Å². The van der Waals surface area contributed by atoms with Crippen molar-refractivity contribution in [3.05, 3.63) is 24.7 Å². The number of hydrogen-bond donors (Lipinski definition) is 0. The average molecular weight is 184 g/mol. The van der Waals surface area contributed by atoms with E-state index < -0.39 is 0 Å². The Morgan fingerprint density at radius 2 is 1.08 bits per heavy atom. The number of carbonyl (C=O) groups excluding carboxylic acids is 2. The molecule has 3 nitrogen and oxygen atoms in total. The molecule has 0 aliphatic rings. The zero-order valence-electron chi connectivity index (χ0n) is 8.53. The molecule has 1 aromatic rings. The highest BCUT2D eigenvalue weighted by molar-refractivity contribution is 5.72. The summed E-state index contributed by atoms with van der Waals surface area (Å²) in [7, 11) is 0. The SMILES string of the molecule is CC(C)=O.CC(C)=O.c1ccoc1. The van der Waals surface area contributed by atoms with E-state index in [1.165, 1.54) is 27.7 Å². The molecule has 13 heavy (non-hydrogen) atoms. The molecule has 0 atom stereocenters. The standard InChI is InChI=1S/C4H4O.2C3H6O/c1-2-4-5-3-1;2*1-3(2)4/h1-4H;2*1-2H3. The lowest BCUT2D eigenvalue weighted by Gasteiger charge is -1.56. The summed E-state index contributed by atoms with van der Waals surface area (Å²) < 4.78 is 4.58. The Hall–Kier alpha value is -1.38. The fourth-order valence-electron chi connectivity index (χ4n) is 0.227. The van der Waals surface area contributed by atoms with Crippen LogP contribution in [0.1, 0.15) is 27.7 Å². The van der Waals surface area contributed by atoms with Crippen molar-refractivity contribution in [2.24, 2.45) is 0 Å². The second kappa shape index (κ2) is 10.6. The Labute approximate surface area is 78.8 Å². The molecular weight excluding hydrogens is 168 g/mol. The van der Waals surface area contributed by atoms with Gasteiger partial charge in [-0.25, -0.2) is 0 Å². The normalized spacial score (nSPS) is 7.08. The van der Waals surface area contributed by atoms with Crippen molar-refractivity contribution < 1.29 is 14.0 Å². The lowest BCUT2D eigenvalue weighted by molar-refractivity contribution is -0.115. The Morgan fingerprint density at radius 3 is 1.15 bits per heavy atom. The molecule has 0 saturated heterocycles. The number of carbonyl (C=O) groups is 2. The van der Waals surface area contributed by atoms with Crippen molar-refractivity contribution in [1.82, 2.24) is 0 Å². The maximum absolute atomic E-state index is 9.44. The van der Waals surface area contributed by atoms with E-state index in [0.29, 0.717) is 0 Å². The van der Waals surface area contributed by atoms with Gasteiger partial charge in [0.05, 0.1) is 12.5 Å². The molecule has 1 aromatic heterocycles. The fourth-order valence-corrected chi connectivity index (χ4v) is 0.227. The molecule has 0 fully saturated rings. The number of ketones is 2. The highest BCUT2D eigenvalue weighted by Gasteiger charge is 1.62. The molecular formula is C10H16O3. The smallest absolute Gasteiger partial charge is 0.126 e. The van der Waals surface area contributed by atoms with E-state index in [2.05, 4.69) is 4.42 Å². The molecule has 0 unspecified atom stereocenters. The number of furan rings is 1. The van der Waals surface area contributed by atoms with Gasteiger partial charge in [-0.05, 0) is 39.8 Å². The fraction of sp³-hybridized carbons (Fsp3) is 0.400. The predicted octanol–water partition coefficient (Wildman–Crippen LogP) is 2.47. The van der Waals surface area contributed by atoms with Gasteiger partial charge in [0.25, 0.3) is 0 Å². The number of Topliss-reactive ketones (excluding diaryl/α,β-unsaturated/α-hetero) is 2. The zero-order chi connectivity index (χ0) is 10.7. The van der Waals surface area contributed by atoms with Gasteiger partial charge < -0.3 is 14.0 Å². The molecule has 3 heteroatoms. The minimum absolute atomic E-state index is 0.167. The molecule has 1 rings (SSSR count). The zero-order valence-corrected chi connectivity index (χ0v) is 8.53. The van der Waals surface area contributed by atoms with E-state index in [-0.39, 0.29) is 11.6 Å². The first-order valence-electron chi connectivity index (χ1n) is 3.88. The highest BCUT2D eigenvalue weighted by Crippen LogP contribution is 1.79. The van der Waals surface area contributed by atoms with Gasteiger partial charge in [0.1, 0.15) is 11.6 Å². The monoisotopic (exact) mass is 184 g/mol. The highest BCUT2D eigenvalue weighted by atomic mass is 16.3. The van der Waals surface area contributed by atoms with Crippen molar-refractivity contribution in [3.63, 3.8) is 0 Å². The van der Waals surface area contributed by atoms with E-state index in [4.69, 9.17) is 0 Å². The Balaban J connectivity index is 0. The molecule has 74 valence electrons. The molecule has 0 aliphatic carbocycles. The molecule has 1 heterocycles. The number of hydrogen-bond acceptors (Lipinski definition) is 3. The maximum atomic E-state index is 9.44. The van der Waals surface area contributed by atoms with E-state index >= 15 is 0 Å². The summed E-state index contributed by atoms with van der Waals surface area (Å²) in [6, 6.07) is 3.67. The quantitative estimate of drug-likeness (QED) is 0.622. The minimum Gasteiger partial charge on any atom is -0.473 e. The summed E-state index contributed by atoms with van der Waals surface area (Å²) in [6.07, 6.45) is 3.25. The molecule has 0 bridgehead atoms. The summed E-state index contributed by atoms with van der Waals surface area (Å²) in [6.45, 7) is 6.11. The van der Waals surface area contributed by atoms with E-state index in [1.807, 2.05) is 12.1 Å². The molecule has 0 N–H and O–H groups in total. The lowest BCUT2D eigenvalue weighted by Crippen LogP contribution is -1.69. The lowest BCUT2D eigenvalue weighted by atomic mass is 10.6. The van der Waals surface area contributed by atoms with Crippen molar-refractivity contribution in [2.45, 2.75) is 27.7 Å². The third kappa shape index (κ3) is 60.2. The van der Waals surface area contributed by atoms with Gasteiger partial charge >= 0.3 is 0 Å². The van der Waals surface area contributed by atoms with Gasteiger partial charge in [0.2, 0.25) is 0 Å². The van der Waals surface area contributed by atoms with E-state index in [9.17, 15) is 9.59 Å². The van der Waals surface area contributed by atoms with Gasteiger partial charge in [-0.3, -0.25) is 0 Å². The van der Waals surface area contributed by atoms with Gasteiger partial charge in [0.15, 0.2) is 0 Å². The molecule has 0 radical (unpaired) electrons. The van der Waals surface area contributed by atoms with Crippen LogP contribution in [0.15, 0.2) is 29.1 Å². The summed E-state index contributed by atoms with van der Waals surface area (Å²) in [5.41, 5.74) is 0. The molecule has 0 saturated carbocycles. The third-order valence-corrected chi connectivity index (χ3v) is 0.425. The molecule has 0 aromatic carbocycles. The van der Waals surface area contributed by atoms with Crippen LogP contribution < -0.4 is 0 Å². The second-order valence-electron chi connectivity index (χ2n) is 2.61. The molecule has 0 spiro atoms. The first-order chi connectivity index (χ1) is 5.96. The summed E-state index contributed by atoms with van der Waals surface area (Å²) in [4.78, 5) is 18.9. The molecule has 0 amide bonds.